The summed E-state index contributed by atoms with van der Waals surface area (Å²) >= 11 is 4.82. The number of hydrogen-bond acceptors (Lipinski definition) is 2. The van der Waals surface area contributed by atoms with Gasteiger partial charge in [-0.15, -0.1) is 5.10 Å². The first kappa shape index (κ1) is 4.93. The van der Waals surface area contributed by atoms with E-state index in [1.165, 1.54) is 0 Å². The second kappa shape index (κ2) is 1.71. The maximum absolute atomic E-state index is 4.82. The van der Waals surface area contributed by atoms with Crippen LogP contribution in [-0.4, -0.2) is 10.2 Å². The number of H-pyrrole nitrogens is 1. The highest BCUT2D eigenvalue weighted by Crippen LogP contribution is 2.07. The molecule has 0 aromatic carbocycles. The van der Waals surface area contributed by atoms with Crippen molar-refractivity contribution in [1.82, 2.24) is 10.2 Å². The first-order chi connectivity index (χ1) is 3.30. The Morgan fingerprint density at radius 2 is 2.71 bits per heavy atom. The van der Waals surface area contributed by atoms with Crippen molar-refractivity contribution in [2.24, 2.45) is 6.26 Å². The van der Waals surface area contributed by atoms with Gasteiger partial charge in [0.2, 0.25) is 0 Å². The molecule has 1 aromatic rings. The molecule has 1 rings (SSSR count). The largest absolute Gasteiger partial charge is 0.373 e. The van der Waals surface area contributed by atoms with Crippen molar-refractivity contribution in [3.63, 3.8) is 0 Å². The Balaban J connectivity index is 3.39. The molecule has 0 aliphatic carbocycles. The molecule has 0 fully saturated rings. The number of aromatic amines is 1. The summed E-state index contributed by atoms with van der Waals surface area (Å²) in [5.74, 6) is 0. The Hall–Kier alpha value is -0.220. The van der Waals surface area contributed by atoms with Crippen LogP contribution in [0, 0.1) is 3.95 Å². The minimum atomic E-state index is 0.111. The van der Waals surface area contributed by atoms with Gasteiger partial charge >= 0.3 is 3.95 Å². The molecule has 1 atom stereocenters. The van der Waals surface area contributed by atoms with Crippen LogP contribution in [0.4, 0.5) is 0 Å². The minimum Gasteiger partial charge on any atom is -0.219 e. The van der Waals surface area contributed by atoms with Gasteiger partial charge < -0.3 is 0 Å². The first-order valence-corrected chi connectivity index (χ1v) is 3.89. The molecule has 0 spiro atoms. The van der Waals surface area contributed by atoms with Crippen molar-refractivity contribution in [3.05, 3.63) is 9.46 Å². The van der Waals surface area contributed by atoms with Gasteiger partial charge in [0.25, 0.3) is 12.2 Å². The van der Waals surface area contributed by atoms with Crippen molar-refractivity contribution in [2.75, 3.05) is 0 Å². The molecule has 4 heteroatoms. The van der Waals surface area contributed by atoms with Gasteiger partial charge in [0.05, 0.1) is 6.26 Å². The SMILES string of the molecule is C[s+]1cn[nH]c1=S. The van der Waals surface area contributed by atoms with Gasteiger partial charge in [-0.3, -0.25) is 0 Å². The van der Waals surface area contributed by atoms with E-state index in [1.54, 1.807) is 0 Å². The molecular weight excluding hydrogens is 128 g/mol. The summed E-state index contributed by atoms with van der Waals surface area (Å²) in [7, 11) is 0.111. The topological polar surface area (TPSA) is 28.7 Å². The lowest BCUT2D eigenvalue weighted by atomic mass is 11.6. The number of aromatic nitrogens is 2. The average molecular weight is 133 g/mol. The van der Waals surface area contributed by atoms with E-state index in [2.05, 4.69) is 10.2 Å². The van der Waals surface area contributed by atoms with Gasteiger partial charge in [0, 0.05) is 0 Å². The molecule has 2 nitrogen and oxygen atoms in total. The van der Waals surface area contributed by atoms with E-state index < -0.39 is 0 Å². The molecule has 0 amide bonds. The number of aryl methyl sites for hydroxylation is 1. The molecule has 1 N–H and O–H groups in total. The zero-order valence-electron chi connectivity index (χ0n) is 3.84. The van der Waals surface area contributed by atoms with Crippen molar-refractivity contribution in [3.8, 4) is 0 Å². The third-order valence-electron chi connectivity index (χ3n) is 0.659. The zero-order chi connectivity index (χ0) is 5.28. The van der Waals surface area contributed by atoms with Gasteiger partial charge in [-0.05, 0) is 10.5 Å². The number of hydrogen-bond donors (Lipinski definition) is 1. The number of nitrogens with zero attached hydrogens (tertiary/aromatic N) is 1. The summed E-state index contributed by atoms with van der Waals surface area (Å²) in [6, 6.07) is 0. The molecule has 0 radical (unpaired) electrons. The molecular formula is C3H5N2S2+. The zero-order valence-corrected chi connectivity index (χ0v) is 5.47. The van der Waals surface area contributed by atoms with Gasteiger partial charge in [0.15, 0.2) is 5.51 Å². The van der Waals surface area contributed by atoms with Gasteiger partial charge in [-0.25, -0.2) is 5.10 Å². The van der Waals surface area contributed by atoms with Crippen molar-refractivity contribution >= 4 is 22.7 Å². The van der Waals surface area contributed by atoms with E-state index in [0.29, 0.717) is 0 Å². The van der Waals surface area contributed by atoms with E-state index in [4.69, 9.17) is 12.2 Å². The van der Waals surface area contributed by atoms with E-state index in [0.717, 1.165) is 3.95 Å². The highest BCUT2D eigenvalue weighted by atomic mass is 32.2. The van der Waals surface area contributed by atoms with Crippen LogP contribution in [0.15, 0.2) is 5.51 Å². The lowest BCUT2D eigenvalue weighted by Crippen LogP contribution is -1.58. The normalized spacial score (nSPS) is 11.9. The molecule has 7 heavy (non-hydrogen) atoms. The quantitative estimate of drug-likeness (QED) is 0.428. The van der Waals surface area contributed by atoms with Crippen LogP contribution in [0.25, 0.3) is 0 Å². The summed E-state index contributed by atoms with van der Waals surface area (Å²) < 4.78 is 0.847. The van der Waals surface area contributed by atoms with Crippen LogP contribution < -0.4 is 0 Å². The predicted octanol–water partition coefficient (Wildman–Crippen LogP) is 1.43. The lowest BCUT2D eigenvalue weighted by Gasteiger charge is -1.58. The predicted molar refractivity (Wildman–Crippen MR) is 32.9 cm³/mol. The van der Waals surface area contributed by atoms with Crippen molar-refractivity contribution in [2.45, 2.75) is 0 Å². The highest BCUT2D eigenvalue weighted by Gasteiger charge is 1.93. The van der Waals surface area contributed by atoms with E-state index in [-0.39, 0.29) is 10.5 Å². The van der Waals surface area contributed by atoms with Gasteiger partial charge in [-0.1, -0.05) is 0 Å². The van der Waals surface area contributed by atoms with Crippen LogP contribution in [0.3, 0.4) is 0 Å². The van der Waals surface area contributed by atoms with Gasteiger partial charge in [-0.2, -0.15) is 0 Å². The molecule has 1 unspecified atom stereocenters. The molecule has 38 valence electrons. The van der Waals surface area contributed by atoms with Crippen LogP contribution >= 0.6 is 22.7 Å². The summed E-state index contributed by atoms with van der Waals surface area (Å²) in [5, 5.41) is 6.42. The average Bonchev–Trinajstić information content (AvgIpc) is 1.91. The number of rotatable bonds is 0. The molecule has 0 aliphatic heterocycles. The molecule has 0 saturated carbocycles. The van der Waals surface area contributed by atoms with Crippen LogP contribution in [-0.2, 0) is 6.26 Å². The summed E-state index contributed by atoms with van der Waals surface area (Å²) in [6.45, 7) is 0. The maximum Gasteiger partial charge on any atom is 0.373 e. The summed E-state index contributed by atoms with van der Waals surface area (Å²) in [4.78, 5) is 0. The lowest BCUT2D eigenvalue weighted by molar-refractivity contribution is 1.08. The third kappa shape index (κ3) is 0.863. The Morgan fingerprint density at radius 3 is 2.86 bits per heavy atom. The minimum absolute atomic E-state index is 0.111. The molecule has 0 saturated heterocycles. The summed E-state index contributed by atoms with van der Waals surface area (Å²) in [5.41, 5.74) is 1.82. The smallest absolute Gasteiger partial charge is 0.219 e. The Kier molecular flexibility index (Phi) is 1.21. The fourth-order valence-electron chi connectivity index (χ4n) is 0.278. The highest BCUT2D eigenvalue weighted by molar-refractivity contribution is 7.74. The Morgan fingerprint density at radius 1 is 2.00 bits per heavy atom. The van der Waals surface area contributed by atoms with Crippen molar-refractivity contribution in [1.29, 1.82) is 0 Å². The van der Waals surface area contributed by atoms with E-state index in [9.17, 15) is 0 Å². The molecule has 1 heterocycles. The second-order valence-corrected chi connectivity index (χ2v) is 3.59. The van der Waals surface area contributed by atoms with Gasteiger partial charge in [0.1, 0.15) is 0 Å². The molecule has 0 aliphatic rings. The Labute approximate surface area is 49.2 Å². The molecule has 0 bridgehead atoms. The van der Waals surface area contributed by atoms with E-state index >= 15 is 0 Å². The first-order valence-electron chi connectivity index (χ1n) is 1.78. The standard InChI is InChI=1S/C3H4N2S2/c1-7-2-4-5-3(7)6/h2H,1H3/p+1. The van der Waals surface area contributed by atoms with Crippen LogP contribution in [0.1, 0.15) is 0 Å². The van der Waals surface area contributed by atoms with Crippen LogP contribution in [0.5, 0.6) is 0 Å². The fraction of sp³-hybridized carbons (Fsp3) is 0.333. The second-order valence-electron chi connectivity index (χ2n) is 1.19. The monoisotopic (exact) mass is 133 g/mol. The van der Waals surface area contributed by atoms with Crippen molar-refractivity contribution < 1.29 is 0 Å². The van der Waals surface area contributed by atoms with E-state index in [1.807, 2.05) is 11.8 Å². The molecule has 1 aromatic heterocycles. The third-order valence-corrected chi connectivity index (χ3v) is 2.64. The summed E-state index contributed by atoms with van der Waals surface area (Å²) in [6.07, 6.45) is 2.03. The fourth-order valence-corrected chi connectivity index (χ4v) is 0.963. The van der Waals surface area contributed by atoms with Crippen LogP contribution in [0.2, 0.25) is 0 Å². The Bertz CT molecular complexity index is 199. The number of nitrogens with one attached hydrogen (secondary N) is 1. The maximum atomic E-state index is 4.82.